The number of esters is 2. The zero-order chi connectivity index (χ0) is 11.8. The Bertz CT molecular complexity index is 284. The molecule has 0 aromatic rings. The van der Waals surface area contributed by atoms with Gasteiger partial charge in [0.2, 0.25) is 6.29 Å². The molecule has 0 fully saturated rings. The van der Waals surface area contributed by atoms with E-state index in [0.717, 1.165) is 31.4 Å². The second kappa shape index (κ2) is 6.82. The Balaban J connectivity index is 2.28. The molecule has 16 heavy (non-hydrogen) atoms. The molecule has 0 spiro atoms. The summed E-state index contributed by atoms with van der Waals surface area (Å²) >= 11 is 0. The molecule has 0 saturated heterocycles. The van der Waals surface area contributed by atoms with Crippen LogP contribution in [0.3, 0.4) is 0 Å². The molecule has 1 aliphatic rings. The maximum Gasteiger partial charge on any atom is 0.334 e. The first-order chi connectivity index (χ1) is 7.72. The molecule has 0 radical (unpaired) electrons. The molecule has 88 valence electrons. The van der Waals surface area contributed by atoms with Crippen LogP contribution in [-0.2, 0) is 19.1 Å². The van der Waals surface area contributed by atoms with E-state index >= 15 is 0 Å². The average Bonchev–Trinajstić information content (AvgIpc) is 2.40. The number of rotatable bonds is 5. The lowest BCUT2D eigenvalue weighted by atomic mass is 10.2. The van der Waals surface area contributed by atoms with Crippen molar-refractivity contribution in [2.24, 2.45) is 0 Å². The van der Waals surface area contributed by atoms with E-state index < -0.39 is 18.2 Å². The van der Waals surface area contributed by atoms with Crippen LogP contribution in [0.15, 0.2) is 24.3 Å². The van der Waals surface area contributed by atoms with Gasteiger partial charge in [0.15, 0.2) is 0 Å². The minimum absolute atomic E-state index is 0.528. The number of cyclic esters (lactones) is 2. The standard InChI is InChI=1S/C12H16O4/c1-2-3-4-5-6-7-12-15-10(13)8-9-11(14)16-12/h3-4,8-9,12H,2,5-7H2,1H3/b4-3+. The molecule has 1 aliphatic heterocycles. The third-order valence-corrected chi connectivity index (χ3v) is 2.06. The van der Waals surface area contributed by atoms with Crippen LogP contribution in [0.4, 0.5) is 0 Å². The SMILES string of the molecule is CC/C=C/CCCC1OC(=O)C=CC(=O)O1. The Hall–Kier alpha value is -1.58. The highest BCUT2D eigenvalue weighted by Crippen LogP contribution is 2.11. The molecule has 0 atom stereocenters. The summed E-state index contributed by atoms with van der Waals surface area (Å²) in [7, 11) is 0. The van der Waals surface area contributed by atoms with Gasteiger partial charge >= 0.3 is 11.9 Å². The van der Waals surface area contributed by atoms with Crippen LogP contribution in [0, 0.1) is 0 Å². The van der Waals surface area contributed by atoms with Crippen LogP contribution in [0.5, 0.6) is 0 Å². The predicted molar refractivity (Wildman–Crippen MR) is 58.4 cm³/mol. The van der Waals surface area contributed by atoms with Crippen LogP contribution in [0.25, 0.3) is 0 Å². The Morgan fingerprint density at radius 3 is 2.38 bits per heavy atom. The number of hydrogen-bond acceptors (Lipinski definition) is 4. The maximum atomic E-state index is 11.0. The van der Waals surface area contributed by atoms with Gasteiger partial charge in [0, 0.05) is 18.6 Å². The van der Waals surface area contributed by atoms with E-state index in [9.17, 15) is 9.59 Å². The van der Waals surface area contributed by atoms with Crippen LogP contribution in [0.2, 0.25) is 0 Å². The van der Waals surface area contributed by atoms with E-state index in [2.05, 4.69) is 19.1 Å². The normalized spacial score (nSPS) is 17.3. The van der Waals surface area contributed by atoms with Gasteiger partial charge in [-0.1, -0.05) is 19.1 Å². The summed E-state index contributed by atoms with van der Waals surface area (Å²) in [5.41, 5.74) is 0. The van der Waals surface area contributed by atoms with Crippen LogP contribution in [-0.4, -0.2) is 18.2 Å². The van der Waals surface area contributed by atoms with E-state index in [1.165, 1.54) is 0 Å². The van der Waals surface area contributed by atoms with Gasteiger partial charge in [0.05, 0.1) is 0 Å². The first kappa shape index (κ1) is 12.5. The third kappa shape index (κ3) is 4.77. The summed E-state index contributed by atoms with van der Waals surface area (Å²) in [5.74, 6) is -1.06. The highest BCUT2D eigenvalue weighted by atomic mass is 16.7. The molecule has 1 rings (SSSR count). The molecule has 4 nitrogen and oxygen atoms in total. The van der Waals surface area contributed by atoms with Gasteiger partial charge in [-0.2, -0.15) is 0 Å². The third-order valence-electron chi connectivity index (χ3n) is 2.06. The fraction of sp³-hybridized carbons (Fsp3) is 0.500. The van der Waals surface area contributed by atoms with Gasteiger partial charge in [-0.15, -0.1) is 0 Å². The van der Waals surface area contributed by atoms with Crippen LogP contribution in [0.1, 0.15) is 32.6 Å². The Kier molecular flexibility index (Phi) is 5.32. The molecule has 0 bridgehead atoms. The van der Waals surface area contributed by atoms with Crippen molar-refractivity contribution >= 4 is 11.9 Å². The lowest BCUT2D eigenvalue weighted by Gasteiger charge is -2.14. The number of carbonyl (C=O) groups is 2. The maximum absolute atomic E-state index is 11.0. The van der Waals surface area contributed by atoms with Crippen LogP contribution < -0.4 is 0 Å². The fourth-order valence-electron chi connectivity index (χ4n) is 1.30. The van der Waals surface area contributed by atoms with Crippen molar-refractivity contribution in [3.63, 3.8) is 0 Å². The van der Waals surface area contributed by atoms with E-state index in [1.54, 1.807) is 0 Å². The number of allylic oxidation sites excluding steroid dienone is 2. The first-order valence-electron chi connectivity index (χ1n) is 5.46. The smallest absolute Gasteiger partial charge is 0.334 e. The van der Waals surface area contributed by atoms with Crippen molar-refractivity contribution in [2.45, 2.75) is 38.9 Å². The number of carbonyl (C=O) groups excluding carboxylic acids is 2. The first-order valence-corrected chi connectivity index (χ1v) is 5.46. The summed E-state index contributed by atoms with van der Waals surface area (Å²) in [4.78, 5) is 22.0. The van der Waals surface area contributed by atoms with E-state index in [-0.39, 0.29) is 0 Å². The topological polar surface area (TPSA) is 52.6 Å². The largest absolute Gasteiger partial charge is 0.422 e. The van der Waals surface area contributed by atoms with Crippen molar-refractivity contribution in [3.05, 3.63) is 24.3 Å². The highest BCUT2D eigenvalue weighted by molar-refractivity contribution is 5.92. The summed E-state index contributed by atoms with van der Waals surface area (Å²) < 4.78 is 9.79. The average molecular weight is 224 g/mol. The minimum Gasteiger partial charge on any atom is -0.422 e. The van der Waals surface area contributed by atoms with Crippen molar-refractivity contribution in [1.29, 1.82) is 0 Å². The summed E-state index contributed by atoms with van der Waals surface area (Å²) in [5, 5.41) is 0. The molecular weight excluding hydrogens is 208 g/mol. The van der Waals surface area contributed by atoms with Crippen LogP contribution >= 0.6 is 0 Å². The number of unbranched alkanes of at least 4 members (excludes halogenated alkanes) is 1. The molecule has 0 aliphatic carbocycles. The molecule has 0 aromatic heterocycles. The quantitative estimate of drug-likeness (QED) is 0.407. The van der Waals surface area contributed by atoms with Gasteiger partial charge in [-0.25, -0.2) is 9.59 Å². The number of hydrogen-bond donors (Lipinski definition) is 0. The van der Waals surface area contributed by atoms with E-state index in [0.29, 0.717) is 6.42 Å². The van der Waals surface area contributed by atoms with E-state index in [4.69, 9.17) is 9.47 Å². The lowest BCUT2D eigenvalue weighted by molar-refractivity contribution is -0.179. The molecule has 0 saturated carbocycles. The van der Waals surface area contributed by atoms with Gasteiger partial charge in [-0.05, 0) is 19.3 Å². The zero-order valence-corrected chi connectivity index (χ0v) is 9.35. The van der Waals surface area contributed by atoms with Crippen molar-refractivity contribution in [2.75, 3.05) is 0 Å². The zero-order valence-electron chi connectivity index (χ0n) is 9.35. The van der Waals surface area contributed by atoms with Gasteiger partial charge in [-0.3, -0.25) is 0 Å². The summed E-state index contributed by atoms with van der Waals surface area (Å²) in [6.45, 7) is 2.07. The minimum atomic E-state index is -0.745. The van der Waals surface area contributed by atoms with Gasteiger partial charge in [0.25, 0.3) is 0 Å². The summed E-state index contributed by atoms with van der Waals surface area (Å²) in [6.07, 6.45) is 8.83. The van der Waals surface area contributed by atoms with Crippen molar-refractivity contribution < 1.29 is 19.1 Å². The second-order valence-corrected chi connectivity index (χ2v) is 3.45. The summed E-state index contributed by atoms with van der Waals surface area (Å²) in [6, 6.07) is 0. The lowest BCUT2D eigenvalue weighted by Crippen LogP contribution is -2.20. The molecule has 0 N–H and O–H groups in total. The molecular formula is C12H16O4. The Morgan fingerprint density at radius 1 is 1.19 bits per heavy atom. The monoisotopic (exact) mass is 224 g/mol. The predicted octanol–water partition coefficient (Wildman–Crippen LogP) is 2.11. The Labute approximate surface area is 94.9 Å². The van der Waals surface area contributed by atoms with Crippen molar-refractivity contribution in [3.8, 4) is 0 Å². The van der Waals surface area contributed by atoms with E-state index in [1.807, 2.05) is 0 Å². The molecule has 0 amide bonds. The highest BCUT2D eigenvalue weighted by Gasteiger charge is 2.19. The fourth-order valence-corrected chi connectivity index (χ4v) is 1.30. The Morgan fingerprint density at radius 2 is 1.81 bits per heavy atom. The number of ether oxygens (including phenoxy) is 2. The van der Waals surface area contributed by atoms with Crippen molar-refractivity contribution in [1.82, 2.24) is 0 Å². The molecule has 1 heterocycles. The van der Waals surface area contributed by atoms with Gasteiger partial charge in [0.1, 0.15) is 0 Å². The molecule has 0 aromatic carbocycles. The van der Waals surface area contributed by atoms with Gasteiger partial charge < -0.3 is 9.47 Å². The molecule has 4 heteroatoms. The molecule has 0 unspecified atom stereocenters. The second-order valence-electron chi connectivity index (χ2n) is 3.45.